The summed E-state index contributed by atoms with van der Waals surface area (Å²) in [6.45, 7) is 5.57. The van der Waals surface area contributed by atoms with E-state index in [1.54, 1.807) is 24.3 Å². The minimum absolute atomic E-state index is 0.0121. The summed E-state index contributed by atoms with van der Waals surface area (Å²) in [5.74, 6) is -0.541. The van der Waals surface area contributed by atoms with Crippen LogP contribution in [0.3, 0.4) is 0 Å². The van der Waals surface area contributed by atoms with E-state index in [1.807, 2.05) is 29.2 Å². The van der Waals surface area contributed by atoms with Gasteiger partial charge in [-0.3, -0.25) is 4.79 Å². The van der Waals surface area contributed by atoms with E-state index in [-0.39, 0.29) is 11.5 Å². The van der Waals surface area contributed by atoms with E-state index in [2.05, 4.69) is 18.8 Å². The van der Waals surface area contributed by atoms with Gasteiger partial charge in [-0.15, -0.1) is 0 Å². The Balaban J connectivity index is 1.95. The number of carbonyl (C=O) groups excluding carboxylic acids is 1. The van der Waals surface area contributed by atoms with Crippen molar-refractivity contribution in [3.8, 4) is 11.1 Å². The van der Waals surface area contributed by atoms with Crippen LogP contribution in [0.2, 0.25) is 0 Å². The standard InChI is InChI=1S/C24H27N3O3/c1-3-11-27(12-4-2)23(28)20-13-19-10-9-18(14-21(19)26-22(25)15-20)16-5-7-17(8-6-16)24(29)30/h5-10,13-14H,3-4,11-12,15H2,1-2H3,(H2,25,26)(H,29,30). The molecule has 0 saturated carbocycles. The molecule has 2 aromatic carbocycles. The van der Waals surface area contributed by atoms with Crippen LogP contribution >= 0.6 is 0 Å². The van der Waals surface area contributed by atoms with Gasteiger partial charge in [-0.1, -0.05) is 38.1 Å². The van der Waals surface area contributed by atoms with Gasteiger partial charge in [-0.25, -0.2) is 9.79 Å². The summed E-state index contributed by atoms with van der Waals surface area (Å²) in [6.07, 6.45) is 4.02. The lowest BCUT2D eigenvalue weighted by atomic mass is 10.00. The Morgan fingerprint density at radius 1 is 1.03 bits per heavy atom. The number of carboxylic acid groups (broad SMARTS) is 1. The smallest absolute Gasteiger partial charge is 0.335 e. The van der Waals surface area contributed by atoms with Crippen molar-refractivity contribution in [2.24, 2.45) is 10.7 Å². The quantitative estimate of drug-likeness (QED) is 0.710. The van der Waals surface area contributed by atoms with Crippen molar-refractivity contribution in [3.63, 3.8) is 0 Å². The van der Waals surface area contributed by atoms with Gasteiger partial charge < -0.3 is 15.7 Å². The Morgan fingerprint density at radius 2 is 1.67 bits per heavy atom. The molecule has 0 aliphatic carbocycles. The molecule has 0 bridgehead atoms. The molecule has 0 radical (unpaired) electrons. The van der Waals surface area contributed by atoms with Crippen LogP contribution < -0.4 is 5.73 Å². The molecule has 1 aliphatic heterocycles. The number of rotatable bonds is 7. The molecule has 0 fully saturated rings. The number of benzene rings is 2. The Bertz CT molecular complexity index is 1000. The summed E-state index contributed by atoms with van der Waals surface area (Å²) in [5, 5.41) is 9.07. The second-order valence-corrected chi connectivity index (χ2v) is 7.40. The number of nitrogens with two attached hydrogens (primary N) is 1. The zero-order chi connectivity index (χ0) is 21.7. The Hall–Kier alpha value is -3.41. The van der Waals surface area contributed by atoms with Crippen LogP contribution in [0.15, 0.2) is 53.0 Å². The maximum atomic E-state index is 13.1. The lowest BCUT2D eigenvalue weighted by Gasteiger charge is -2.22. The third-order valence-electron chi connectivity index (χ3n) is 5.01. The van der Waals surface area contributed by atoms with E-state index in [9.17, 15) is 9.59 Å². The Kier molecular flexibility index (Phi) is 6.67. The van der Waals surface area contributed by atoms with E-state index >= 15 is 0 Å². The van der Waals surface area contributed by atoms with Gasteiger partial charge in [-0.05, 0) is 48.2 Å². The predicted molar refractivity (Wildman–Crippen MR) is 120 cm³/mol. The average molecular weight is 405 g/mol. The van der Waals surface area contributed by atoms with Crippen molar-refractivity contribution in [3.05, 3.63) is 59.2 Å². The molecule has 30 heavy (non-hydrogen) atoms. The number of aromatic carboxylic acids is 1. The lowest BCUT2D eigenvalue weighted by molar-refractivity contribution is -0.127. The highest BCUT2D eigenvalue weighted by molar-refractivity contribution is 6.05. The third kappa shape index (κ3) is 4.76. The summed E-state index contributed by atoms with van der Waals surface area (Å²) in [5.41, 5.74) is 10.4. The Morgan fingerprint density at radius 3 is 2.27 bits per heavy atom. The van der Waals surface area contributed by atoms with Gasteiger partial charge in [0.25, 0.3) is 0 Å². The molecule has 0 atom stereocenters. The molecule has 6 heteroatoms. The van der Waals surface area contributed by atoms with Crippen molar-refractivity contribution in [1.82, 2.24) is 4.90 Å². The fourth-order valence-corrected chi connectivity index (χ4v) is 3.57. The molecule has 6 nitrogen and oxygen atoms in total. The van der Waals surface area contributed by atoms with Crippen LogP contribution in [0.1, 0.15) is 49.0 Å². The highest BCUT2D eigenvalue weighted by Crippen LogP contribution is 2.32. The van der Waals surface area contributed by atoms with Crippen LogP contribution in [0.5, 0.6) is 0 Å². The second kappa shape index (κ2) is 9.39. The van der Waals surface area contributed by atoms with Crippen LogP contribution in [0, 0.1) is 0 Å². The number of aliphatic imine (C=N–C) groups is 1. The molecule has 1 heterocycles. The summed E-state index contributed by atoms with van der Waals surface area (Å²) in [4.78, 5) is 30.5. The van der Waals surface area contributed by atoms with Crippen molar-refractivity contribution >= 4 is 29.5 Å². The van der Waals surface area contributed by atoms with E-state index in [0.717, 1.165) is 42.6 Å². The number of hydrogen-bond acceptors (Lipinski definition) is 4. The summed E-state index contributed by atoms with van der Waals surface area (Å²) in [7, 11) is 0. The summed E-state index contributed by atoms with van der Waals surface area (Å²) >= 11 is 0. The molecule has 2 aromatic rings. The van der Waals surface area contributed by atoms with Crippen molar-refractivity contribution < 1.29 is 14.7 Å². The van der Waals surface area contributed by atoms with E-state index in [0.29, 0.717) is 23.5 Å². The second-order valence-electron chi connectivity index (χ2n) is 7.40. The zero-order valence-corrected chi connectivity index (χ0v) is 17.4. The summed E-state index contributed by atoms with van der Waals surface area (Å²) in [6, 6.07) is 12.5. The first kappa shape index (κ1) is 21.3. The van der Waals surface area contributed by atoms with Gasteiger partial charge >= 0.3 is 5.97 Å². The first-order chi connectivity index (χ1) is 14.4. The highest BCUT2D eigenvalue weighted by atomic mass is 16.4. The van der Waals surface area contributed by atoms with Gasteiger partial charge in [0.1, 0.15) is 5.84 Å². The topological polar surface area (TPSA) is 96.0 Å². The van der Waals surface area contributed by atoms with Crippen LogP contribution in [-0.4, -0.2) is 40.8 Å². The van der Waals surface area contributed by atoms with Gasteiger partial charge in [0.2, 0.25) is 5.91 Å². The van der Waals surface area contributed by atoms with E-state index in [4.69, 9.17) is 10.8 Å². The molecule has 1 amide bonds. The fraction of sp³-hybridized carbons (Fsp3) is 0.292. The van der Waals surface area contributed by atoms with Gasteiger partial charge in [-0.2, -0.15) is 0 Å². The number of carbonyl (C=O) groups is 2. The average Bonchev–Trinajstić information content (AvgIpc) is 2.90. The normalized spacial score (nSPS) is 13.0. The van der Waals surface area contributed by atoms with Crippen LogP contribution in [0.4, 0.5) is 5.69 Å². The number of fused-ring (bicyclic) bond motifs is 1. The maximum Gasteiger partial charge on any atom is 0.335 e. The largest absolute Gasteiger partial charge is 0.478 e. The molecule has 0 spiro atoms. The number of amides is 1. The lowest BCUT2D eigenvalue weighted by Crippen LogP contribution is -2.34. The molecule has 156 valence electrons. The first-order valence-electron chi connectivity index (χ1n) is 10.2. The molecule has 0 unspecified atom stereocenters. The van der Waals surface area contributed by atoms with Gasteiger partial charge in [0, 0.05) is 30.6 Å². The molecule has 3 N–H and O–H groups in total. The maximum absolute atomic E-state index is 13.1. The first-order valence-corrected chi connectivity index (χ1v) is 10.2. The molecule has 3 rings (SSSR count). The Labute approximate surface area is 176 Å². The monoisotopic (exact) mass is 405 g/mol. The number of hydrogen-bond donors (Lipinski definition) is 2. The minimum atomic E-state index is -0.955. The fourth-order valence-electron chi connectivity index (χ4n) is 3.57. The predicted octanol–water partition coefficient (Wildman–Crippen LogP) is 4.48. The zero-order valence-electron chi connectivity index (χ0n) is 17.4. The van der Waals surface area contributed by atoms with Crippen molar-refractivity contribution in [1.29, 1.82) is 0 Å². The molecular formula is C24H27N3O3. The number of carboxylic acids is 1. The molecular weight excluding hydrogens is 378 g/mol. The van der Waals surface area contributed by atoms with Crippen molar-refractivity contribution in [2.45, 2.75) is 33.1 Å². The highest BCUT2D eigenvalue weighted by Gasteiger charge is 2.21. The van der Waals surface area contributed by atoms with E-state index in [1.165, 1.54) is 0 Å². The van der Waals surface area contributed by atoms with Gasteiger partial charge in [0.15, 0.2) is 0 Å². The van der Waals surface area contributed by atoms with Crippen LogP contribution in [0.25, 0.3) is 17.2 Å². The van der Waals surface area contributed by atoms with E-state index < -0.39 is 5.97 Å². The number of amidine groups is 1. The molecule has 0 saturated heterocycles. The van der Waals surface area contributed by atoms with Gasteiger partial charge in [0.05, 0.1) is 11.3 Å². The molecule has 1 aliphatic rings. The summed E-state index contributed by atoms with van der Waals surface area (Å²) < 4.78 is 0. The number of nitrogens with zero attached hydrogens (tertiary/aromatic N) is 2. The van der Waals surface area contributed by atoms with Crippen LogP contribution in [-0.2, 0) is 4.79 Å². The SMILES string of the molecule is CCCN(CCC)C(=O)C1=Cc2ccc(-c3ccc(C(=O)O)cc3)cc2N=C(N)C1. The van der Waals surface area contributed by atoms with Crippen molar-refractivity contribution in [2.75, 3.05) is 13.1 Å². The minimum Gasteiger partial charge on any atom is -0.478 e. The third-order valence-corrected chi connectivity index (χ3v) is 5.01. The molecule has 0 aromatic heterocycles.